The maximum Gasteiger partial charge on any atom is 0.00448 e. The molecule has 1 rings (SSSR count). The molecule has 16 heavy (non-hydrogen) atoms. The van der Waals surface area contributed by atoms with Crippen LogP contribution in [0.2, 0.25) is 0 Å². The van der Waals surface area contributed by atoms with Crippen molar-refractivity contribution in [3.05, 3.63) is 0 Å². The molecule has 0 saturated carbocycles. The molecule has 0 atom stereocenters. The van der Waals surface area contributed by atoms with Crippen molar-refractivity contribution in [2.45, 2.75) is 53.4 Å². The minimum atomic E-state index is 0.276. The zero-order valence-corrected chi connectivity index (χ0v) is 11.7. The van der Waals surface area contributed by atoms with Gasteiger partial charge in [0.1, 0.15) is 0 Å². The highest BCUT2D eigenvalue weighted by molar-refractivity contribution is 4.86. The first-order valence-corrected chi connectivity index (χ1v) is 6.89. The van der Waals surface area contributed by atoms with Crippen molar-refractivity contribution in [3.63, 3.8) is 0 Å². The SMILES string of the molecule is CCC1(CC)CCN(CC(C)(C)CN)CC1. The molecule has 0 unspecified atom stereocenters. The van der Waals surface area contributed by atoms with Crippen LogP contribution in [-0.4, -0.2) is 31.1 Å². The molecule has 1 fully saturated rings. The van der Waals surface area contributed by atoms with Crippen molar-refractivity contribution < 1.29 is 0 Å². The number of hydrogen-bond donors (Lipinski definition) is 1. The van der Waals surface area contributed by atoms with E-state index in [0.717, 1.165) is 13.1 Å². The van der Waals surface area contributed by atoms with E-state index in [-0.39, 0.29) is 5.41 Å². The van der Waals surface area contributed by atoms with Crippen LogP contribution in [0.3, 0.4) is 0 Å². The lowest BCUT2D eigenvalue weighted by molar-refractivity contribution is 0.0709. The molecule has 1 heterocycles. The average molecular weight is 226 g/mol. The highest BCUT2D eigenvalue weighted by Crippen LogP contribution is 2.38. The monoisotopic (exact) mass is 226 g/mol. The van der Waals surface area contributed by atoms with E-state index in [1.54, 1.807) is 0 Å². The summed E-state index contributed by atoms with van der Waals surface area (Å²) in [5, 5.41) is 0. The third-order valence-electron chi connectivity index (χ3n) is 4.62. The molecule has 0 amide bonds. The lowest BCUT2D eigenvalue weighted by atomic mass is 9.74. The van der Waals surface area contributed by atoms with Gasteiger partial charge in [0.2, 0.25) is 0 Å². The van der Waals surface area contributed by atoms with Gasteiger partial charge in [0.05, 0.1) is 0 Å². The van der Waals surface area contributed by atoms with Gasteiger partial charge in [0.25, 0.3) is 0 Å². The fourth-order valence-electron chi connectivity index (χ4n) is 2.81. The lowest BCUT2D eigenvalue weighted by Crippen LogP contribution is -2.45. The Labute approximate surface area is 102 Å². The average Bonchev–Trinajstić information content (AvgIpc) is 2.30. The largest absolute Gasteiger partial charge is 0.330 e. The van der Waals surface area contributed by atoms with E-state index >= 15 is 0 Å². The van der Waals surface area contributed by atoms with Crippen LogP contribution in [0.4, 0.5) is 0 Å². The molecule has 2 nitrogen and oxygen atoms in total. The molecule has 0 radical (unpaired) electrons. The molecule has 0 aromatic carbocycles. The van der Waals surface area contributed by atoms with Gasteiger partial charge in [-0.2, -0.15) is 0 Å². The second kappa shape index (κ2) is 5.50. The molecular weight excluding hydrogens is 196 g/mol. The summed E-state index contributed by atoms with van der Waals surface area (Å²) in [6, 6.07) is 0. The molecule has 0 aromatic rings. The Morgan fingerprint density at radius 2 is 1.62 bits per heavy atom. The third-order valence-corrected chi connectivity index (χ3v) is 4.62. The number of rotatable bonds is 5. The predicted octanol–water partition coefficient (Wildman–Crippen LogP) is 2.87. The van der Waals surface area contributed by atoms with Crippen LogP contribution in [0.15, 0.2) is 0 Å². The Balaban J connectivity index is 2.43. The fraction of sp³-hybridized carbons (Fsp3) is 1.00. The summed E-state index contributed by atoms with van der Waals surface area (Å²) in [6.07, 6.45) is 5.44. The summed E-state index contributed by atoms with van der Waals surface area (Å²) < 4.78 is 0. The summed E-state index contributed by atoms with van der Waals surface area (Å²) >= 11 is 0. The summed E-state index contributed by atoms with van der Waals surface area (Å²) in [6.45, 7) is 13.7. The van der Waals surface area contributed by atoms with Crippen molar-refractivity contribution in [1.82, 2.24) is 4.90 Å². The van der Waals surface area contributed by atoms with Crippen LogP contribution in [0.1, 0.15) is 53.4 Å². The quantitative estimate of drug-likeness (QED) is 0.781. The Hall–Kier alpha value is -0.0800. The van der Waals surface area contributed by atoms with Gasteiger partial charge in [0, 0.05) is 6.54 Å². The summed E-state index contributed by atoms with van der Waals surface area (Å²) in [5.41, 5.74) is 6.72. The predicted molar refractivity (Wildman–Crippen MR) is 71.5 cm³/mol. The molecule has 2 heteroatoms. The minimum absolute atomic E-state index is 0.276. The molecule has 0 spiro atoms. The van der Waals surface area contributed by atoms with E-state index in [9.17, 15) is 0 Å². The Morgan fingerprint density at radius 1 is 1.12 bits per heavy atom. The van der Waals surface area contributed by atoms with Crippen molar-refractivity contribution >= 4 is 0 Å². The smallest absolute Gasteiger partial charge is 0.00448 e. The van der Waals surface area contributed by atoms with Crippen LogP contribution in [-0.2, 0) is 0 Å². The standard InChI is InChI=1S/C14H30N2/c1-5-14(6-2)7-9-16(10-8-14)12-13(3,4)11-15/h5-12,15H2,1-4H3. The molecule has 2 N–H and O–H groups in total. The topological polar surface area (TPSA) is 29.3 Å². The Kier molecular flexibility index (Phi) is 4.81. The summed E-state index contributed by atoms with van der Waals surface area (Å²) in [7, 11) is 0. The van der Waals surface area contributed by atoms with E-state index in [1.807, 2.05) is 0 Å². The third kappa shape index (κ3) is 3.46. The molecule has 1 saturated heterocycles. The van der Waals surface area contributed by atoms with Crippen LogP contribution < -0.4 is 5.73 Å². The molecule has 1 aliphatic heterocycles. The number of piperidine rings is 1. The van der Waals surface area contributed by atoms with Gasteiger partial charge in [-0.25, -0.2) is 0 Å². The van der Waals surface area contributed by atoms with Crippen molar-refractivity contribution in [2.24, 2.45) is 16.6 Å². The van der Waals surface area contributed by atoms with Crippen molar-refractivity contribution in [3.8, 4) is 0 Å². The van der Waals surface area contributed by atoms with Gasteiger partial charge in [0.15, 0.2) is 0 Å². The van der Waals surface area contributed by atoms with Crippen LogP contribution >= 0.6 is 0 Å². The number of nitrogens with two attached hydrogens (primary N) is 1. The fourth-order valence-corrected chi connectivity index (χ4v) is 2.81. The molecule has 0 aliphatic carbocycles. The second-order valence-electron chi connectivity index (χ2n) is 6.35. The number of likely N-dealkylation sites (tertiary alicyclic amines) is 1. The van der Waals surface area contributed by atoms with E-state index in [2.05, 4.69) is 32.6 Å². The molecular formula is C14H30N2. The van der Waals surface area contributed by atoms with Crippen LogP contribution in [0.5, 0.6) is 0 Å². The Morgan fingerprint density at radius 3 is 2.00 bits per heavy atom. The van der Waals surface area contributed by atoms with E-state index in [4.69, 9.17) is 5.73 Å². The molecule has 0 bridgehead atoms. The minimum Gasteiger partial charge on any atom is -0.330 e. The first-order chi connectivity index (χ1) is 7.47. The van der Waals surface area contributed by atoms with Gasteiger partial charge in [-0.05, 0) is 43.3 Å². The molecule has 96 valence electrons. The maximum absolute atomic E-state index is 5.80. The summed E-state index contributed by atoms with van der Waals surface area (Å²) in [4.78, 5) is 2.61. The van der Waals surface area contributed by atoms with Gasteiger partial charge < -0.3 is 10.6 Å². The van der Waals surface area contributed by atoms with E-state index < -0.39 is 0 Å². The zero-order valence-electron chi connectivity index (χ0n) is 11.7. The van der Waals surface area contributed by atoms with E-state index in [0.29, 0.717) is 5.41 Å². The van der Waals surface area contributed by atoms with Crippen molar-refractivity contribution in [1.29, 1.82) is 0 Å². The second-order valence-corrected chi connectivity index (χ2v) is 6.35. The Bertz CT molecular complexity index is 197. The van der Waals surface area contributed by atoms with Crippen LogP contribution in [0.25, 0.3) is 0 Å². The lowest BCUT2D eigenvalue weighted by Gasteiger charge is -2.43. The zero-order chi connectivity index (χ0) is 12.2. The van der Waals surface area contributed by atoms with Gasteiger partial charge in [-0.15, -0.1) is 0 Å². The first kappa shape index (κ1) is 14.0. The first-order valence-electron chi connectivity index (χ1n) is 6.89. The summed E-state index contributed by atoms with van der Waals surface area (Å²) in [5.74, 6) is 0. The molecule has 0 aromatic heterocycles. The van der Waals surface area contributed by atoms with E-state index in [1.165, 1.54) is 38.8 Å². The van der Waals surface area contributed by atoms with Gasteiger partial charge >= 0.3 is 0 Å². The number of nitrogens with zero attached hydrogens (tertiary/aromatic N) is 1. The molecule has 1 aliphatic rings. The highest BCUT2D eigenvalue weighted by Gasteiger charge is 2.32. The van der Waals surface area contributed by atoms with Crippen LogP contribution in [0, 0.1) is 10.8 Å². The number of hydrogen-bond acceptors (Lipinski definition) is 2. The maximum atomic E-state index is 5.80. The van der Waals surface area contributed by atoms with Crippen molar-refractivity contribution in [2.75, 3.05) is 26.2 Å². The van der Waals surface area contributed by atoms with Gasteiger partial charge in [-0.1, -0.05) is 40.5 Å². The van der Waals surface area contributed by atoms with Gasteiger partial charge in [-0.3, -0.25) is 0 Å². The normalized spacial score (nSPS) is 22.3. The highest BCUT2D eigenvalue weighted by atomic mass is 15.1.